The van der Waals surface area contributed by atoms with Crippen LogP contribution in [-0.2, 0) is 4.74 Å². The summed E-state index contributed by atoms with van der Waals surface area (Å²) < 4.78 is 5.52. The van der Waals surface area contributed by atoms with Crippen molar-refractivity contribution >= 4 is 0 Å². The van der Waals surface area contributed by atoms with Crippen LogP contribution in [0.4, 0.5) is 0 Å². The lowest BCUT2D eigenvalue weighted by Gasteiger charge is -2.07. The van der Waals surface area contributed by atoms with E-state index < -0.39 is 0 Å². The van der Waals surface area contributed by atoms with Gasteiger partial charge in [-0.2, -0.15) is 0 Å². The fourth-order valence-corrected chi connectivity index (χ4v) is 1.59. The van der Waals surface area contributed by atoms with Gasteiger partial charge in [0.15, 0.2) is 0 Å². The summed E-state index contributed by atoms with van der Waals surface area (Å²) in [6, 6.07) is 4.03. The summed E-state index contributed by atoms with van der Waals surface area (Å²) in [7, 11) is 0. The summed E-state index contributed by atoms with van der Waals surface area (Å²) in [4.78, 5) is 4.06. The Balaban J connectivity index is 1.79. The van der Waals surface area contributed by atoms with Crippen molar-refractivity contribution in [3.05, 3.63) is 36.5 Å². The molecule has 1 aromatic rings. The molecule has 0 bridgehead atoms. The minimum atomic E-state index is 0.445. The molecule has 1 atom stereocenters. The minimum Gasteiger partial charge on any atom is -0.378 e. The third-order valence-corrected chi connectivity index (χ3v) is 2.32. The van der Waals surface area contributed by atoms with Gasteiger partial charge >= 0.3 is 0 Å². The van der Waals surface area contributed by atoms with Gasteiger partial charge in [-0.25, -0.2) is 0 Å². The molecule has 1 radical (unpaired) electrons. The van der Waals surface area contributed by atoms with Crippen LogP contribution in [0, 0.1) is 6.42 Å². The summed E-state index contributed by atoms with van der Waals surface area (Å²) in [5.41, 5.74) is 1.19. The van der Waals surface area contributed by atoms with Gasteiger partial charge in [0.25, 0.3) is 0 Å². The Morgan fingerprint density at radius 3 is 3.31 bits per heavy atom. The first-order valence-electron chi connectivity index (χ1n) is 4.80. The first-order valence-corrected chi connectivity index (χ1v) is 4.80. The smallest absolute Gasteiger partial charge is 0.0582 e. The van der Waals surface area contributed by atoms with Crippen LogP contribution >= 0.6 is 0 Å². The van der Waals surface area contributed by atoms with Crippen molar-refractivity contribution in [2.45, 2.75) is 25.4 Å². The van der Waals surface area contributed by atoms with Crippen LogP contribution in [0.3, 0.4) is 0 Å². The molecule has 0 amide bonds. The van der Waals surface area contributed by atoms with Crippen molar-refractivity contribution in [3.8, 4) is 0 Å². The number of hydrogen-bond acceptors (Lipinski definition) is 2. The van der Waals surface area contributed by atoms with Crippen LogP contribution in [-0.4, -0.2) is 17.7 Å². The maximum Gasteiger partial charge on any atom is 0.0582 e. The molecule has 0 aliphatic carbocycles. The molecule has 1 aliphatic heterocycles. The number of rotatable bonds is 3. The van der Waals surface area contributed by atoms with Crippen LogP contribution in [0.2, 0.25) is 0 Å². The molecule has 2 heterocycles. The minimum absolute atomic E-state index is 0.445. The highest BCUT2D eigenvalue weighted by atomic mass is 16.5. The van der Waals surface area contributed by atoms with E-state index in [1.54, 1.807) is 6.20 Å². The van der Waals surface area contributed by atoms with Crippen LogP contribution in [0.1, 0.15) is 24.8 Å². The average Bonchev–Trinajstić information content (AvgIpc) is 2.69. The van der Waals surface area contributed by atoms with E-state index in [-0.39, 0.29) is 0 Å². The van der Waals surface area contributed by atoms with Gasteiger partial charge in [0.05, 0.1) is 6.10 Å². The van der Waals surface area contributed by atoms with E-state index in [4.69, 9.17) is 4.74 Å². The predicted molar refractivity (Wildman–Crippen MR) is 51.2 cm³/mol. The number of hydrogen-bond donors (Lipinski definition) is 0. The molecule has 2 rings (SSSR count). The molecule has 1 aliphatic rings. The SMILES string of the molecule is [CH](CC1CCCO1)c1cccnc1. The topological polar surface area (TPSA) is 22.1 Å². The standard InChI is InChI=1S/C11H14NO/c1-3-10(9-12-7-1)5-6-11-4-2-8-13-11/h1,3,5,7,9,11H,2,4,6,8H2. The number of ether oxygens (including phenoxy) is 1. The fourth-order valence-electron chi connectivity index (χ4n) is 1.59. The highest BCUT2D eigenvalue weighted by molar-refractivity contribution is 5.18. The van der Waals surface area contributed by atoms with Gasteiger partial charge in [0, 0.05) is 19.0 Å². The van der Waals surface area contributed by atoms with E-state index in [0.29, 0.717) is 6.10 Å². The molecule has 2 heteroatoms. The molecule has 69 valence electrons. The average molecular weight is 176 g/mol. The van der Waals surface area contributed by atoms with E-state index in [0.717, 1.165) is 13.0 Å². The molecule has 2 nitrogen and oxygen atoms in total. The summed E-state index contributed by atoms with van der Waals surface area (Å²) in [5.74, 6) is 0. The van der Waals surface area contributed by atoms with Crippen molar-refractivity contribution in [2.24, 2.45) is 0 Å². The molecule has 0 N–H and O–H groups in total. The Labute approximate surface area is 78.9 Å². The third kappa shape index (κ3) is 2.52. The van der Waals surface area contributed by atoms with Crippen molar-refractivity contribution in [2.75, 3.05) is 6.61 Å². The number of nitrogens with zero attached hydrogens (tertiary/aromatic N) is 1. The molecule has 0 saturated carbocycles. The number of aromatic nitrogens is 1. The highest BCUT2D eigenvalue weighted by Gasteiger charge is 2.14. The first-order chi connectivity index (χ1) is 6.45. The molecular weight excluding hydrogens is 162 g/mol. The molecule has 1 unspecified atom stereocenters. The molecule has 1 aromatic heterocycles. The van der Waals surface area contributed by atoms with Crippen molar-refractivity contribution < 1.29 is 4.74 Å². The van der Waals surface area contributed by atoms with Crippen LogP contribution in [0.5, 0.6) is 0 Å². The van der Waals surface area contributed by atoms with E-state index >= 15 is 0 Å². The van der Waals surface area contributed by atoms with Crippen LogP contribution < -0.4 is 0 Å². The van der Waals surface area contributed by atoms with Crippen molar-refractivity contribution in [1.29, 1.82) is 0 Å². The van der Waals surface area contributed by atoms with Crippen molar-refractivity contribution in [1.82, 2.24) is 4.98 Å². The Morgan fingerprint density at radius 1 is 1.62 bits per heavy atom. The summed E-state index contributed by atoms with van der Waals surface area (Å²) >= 11 is 0. The lowest BCUT2D eigenvalue weighted by atomic mass is 10.1. The maximum absolute atomic E-state index is 5.52. The van der Waals surface area contributed by atoms with Crippen molar-refractivity contribution in [3.63, 3.8) is 0 Å². The zero-order valence-electron chi connectivity index (χ0n) is 7.65. The second kappa shape index (κ2) is 4.38. The molecule has 1 saturated heterocycles. The molecule has 0 aromatic carbocycles. The second-order valence-corrected chi connectivity index (χ2v) is 3.36. The van der Waals surface area contributed by atoms with Gasteiger partial charge in [0.2, 0.25) is 0 Å². The Kier molecular flexibility index (Phi) is 2.93. The fraction of sp³-hybridized carbons (Fsp3) is 0.455. The quantitative estimate of drug-likeness (QED) is 0.704. The lowest BCUT2D eigenvalue weighted by Crippen LogP contribution is -2.04. The monoisotopic (exact) mass is 176 g/mol. The molecular formula is C11H14NO. The molecule has 0 spiro atoms. The van der Waals surface area contributed by atoms with Gasteiger partial charge in [0.1, 0.15) is 0 Å². The highest BCUT2D eigenvalue weighted by Crippen LogP contribution is 2.18. The van der Waals surface area contributed by atoms with E-state index in [2.05, 4.69) is 17.5 Å². The maximum atomic E-state index is 5.52. The van der Waals surface area contributed by atoms with Crippen LogP contribution in [0.25, 0.3) is 0 Å². The Morgan fingerprint density at radius 2 is 2.62 bits per heavy atom. The predicted octanol–water partition coefficient (Wildman–Crippen LogP) is 2.20. The Hall–Kier alpha value is -0.890. The van der Waals surface area contributed by atoms with Gasteiger partial charge in [-0.1, -0.05) is 6.07 Å². The largest absolute Gasteiger partial charge is 0.378 e. The lowest BCUT2D eigenvalue weighted by molar-refractivity contribution is 0.111. The summed E-state index contributed by atoms with van der Waals surface area (Å²) in [6.45, 7) is 0.936. The zero-order valence-corrected chi connectivity index (χ0v) is 7.65. The van der Waals surface area contributed by atoms with E-state index in [1.165, 1.54) is 18.4 Å². The van der Waals surface area contributed by atoms with Crippen LogP contribution in [0.15, 0.2) is 24.5 Å². The van der Waals surface area contributed by atoms with Gasteiger partial charge in [-0.05, 0) is 37.3 Å². The van der Waals surface area contributed by atoms with E-state index in [9.17, 15) is 0 Å². The van der Waals surface area contributed by atoms with Gasteiger partial charge < -0.3 is 4.74 Å². The van der Waals surface area contributed by atoms with E-state index in [1.807, 2.05) is 12.3 Å². The normalized spacial score (nSPS) is 22.0. The zero-order chi connectivity index (χ0) is 8.93. The molecule has 13 heavy (non-hydrogen) atoms. The first kappa shape index (κ1) is 8.70. The third-order valence-electron chi connectivity index (χ3n) is 2.32. The summed E-state index contributed by atoms with van der Waals surface area (Å²) in [6.07, 6.45) is 9.76. The molecule has 1 fully saturated rings. The second-order valence-electron chi connectivity index (χ2n) is 3.36. The van der Waals surface area contributed by atoms with Gasteiger partial charge in [-0.3, -0.25) is 4.98 Å². The van der Waals surface area contributed by atoms with Gasteiger partial charge in [-0.15, -0.1) is 0 Å². The summed E-state index contributed by atoms with van der Waals surface area (Å²) in [5, 5.41) is 0. The Bertz CT molecular complexity index is 242. The number of pyridine rings is 1.